The van der Waals surface area contributed by atoms with E-state index >= 15 is 0 Å². The van der Waals surface area contributed by atoms with Gasteiger partial charge in [0.05, 0.1) is 0 Å². The summed E-state index contributed by atoms with van der Waals surface area (Å²) in [6, 6.07) is 0. The number of carbonyl (C=O) groups is 1. The number of carbonyl (C=O) groups excluding carboxylic acids is 1. The van der Waals surface area contributed by atoms with E-state index in [1.54, 1.807) is 0 Å². The van der Waals surface area contributed by atoms with Crippen LogP contribution in [0.5, 0.6) is 0 Å². The molecule has 0 amide bonds. The van der Waals surface area contributed by atoms with Crippen LogP contribution < -0.4 is 0 Å². The number of hydrogen-bond acceptors (Lipinski definition) is 2. The lowest BCUT2D eigenvalue weighted by Crippen LogP contribution is -2.17. The van der Waals surface area contributed by atoms with E-state index in [1.165, 1.54) is 0 Å². The Bertz CT molecular complexity index is 202. The maximum atomic E-state index is 10.8. The minimum atomic E-state index is -0.163. The van der Waals surface area contributed by atoms with Crippen LogP contribution in [0.25, 0.3) is 0 Å². The van der Waals surface area contributed by atoms with E-state index in [0.717, 1.165) is 6.42 Å². The second-order valence-electron chi connectivity index (χ2n) is 2.67. The Morgan fingerprint density at radius 3 is 2.70 bits per heavy atom. The van der Waals surface area contributed by atoms with Crippen LogP contribution in [0.4, 0.5) is 0 Å². The molecule has 0 radical (unpaired) electrons. The predicted molar refractivity (Wildman–Crippen MR) is 43.3 cm³/mol. The molecule has 10 heavy (non-hydrogen) atoms. The molecule has 0 aromatic carbocycles. The highest BCUT2D eigenvalue weighted by Gasteiger charge is 2.39. The van der Waals surface area contributed by atoms with Crippen molar-refractivity contribution in [1.29, 1.82) is 0 Å². The smallest absolute Gasteiger partial charge is 0.226 e. The average Bonchev–Trinajstić information content (AvgIpc) is 2.44. The summed E-state index contributed by atoms with van der Waals surface area (Å²) in [5.41, 5.74) is 0. The minimum Gasteiger partial charge on any atom is -0.281 e. The molecule has 2 aliphatic heterocycles. The molecular weight excluding hydrogens is 168 g/mol. The van der Waals surface area contributed by atoms with Crippen LogP contribution in [0.3, 0.4) is 0 Å². The van der Waals surface area contributed by atoms with Gasteiger partial charge in [-0.15, -0.1) is 11.8 Å². The van der Waals surface area contributed by atoms with E-state index < -0.39 is 0 Å². The lowest BCUT2D eigenvalue weighted by Gasteiger charge is -2.09. The molecule has 2 bridgehead atoms. The van der Waals surface area contributed by atoms with Crippen molar-refractivity contribution < 1.29 is 4.79 Å². The Morgan fingerprint density at radius 2 is 2.40 bits per heavy atom. The fourth-order valence-corrected chi connectivity index (χ4v) is 3.30. The highest BCUT2D eigenvalue weighted by Crippen LogP contribution is 2.45. The third-order valence-corrected chi connectivity index (χ3v) is 3.80. The molecule has 0 aromatic heterocycles. The van der Waals surface area contributed by atoms with Gasteiger partial charge in [-0.3, -0.25) is 4.79 Å². The summed E-state index contributed by atoms with van der Waals surface area (Å²) in [6.07, 6.45) is 5.23. The summed E-state index contributed by atoms with van der Waals surface area (Å²) in [5, 5.41) is 0.789. The van der Waals surface area contributed by atoms with Crippen molar-refractivity contribution in [2.45, 2.75) is 16.9 Å². The summed E-state index contributed by atoms with van der Waals surface area (Å²) in [4.78, 5) is 10.8. The van der Waals surface area contributed by atoms with Crippen molar-refractivity contribution in [2.24, 2.45) is 5.92 Å². The summed E-state index contributed by atoms with van der Waals surface area (Å²) < 4.78 is 0. The molecule has 0 saturated carbocycles. The van der Waals surface area contributed by atoms with Gasteiger partial charge in [0.2, 0.25) is 5.24 Å². The number of thioether (sulfide) groups is 1. The third-order valence-electron chi connectivity index (χ3n) is 2.02. The zero-order valence-electron chi connectivity index (χ0n) is 5.29. The first-order chi connectivity index (χ1) is 4.77. The van der Waals surface area contributed by atoms with Gasteiger partial charge in [0.25, 0.3) is 0 Å². The van der Waals surface area contributed by atoms with Crippen LogP contribution in [-0.2, 0) is 4.79 Å². The van der Waals surface area contributed by atoms with Crippen molar-refractivity contribution in [3.8, 4) is 0 Å². The summed E-state index contributed by atoms with van der Waals surface area (Å²) >= 11 is 7.24. The van der Waals surface area contributed by atoms with Crippen LogP contribution in [0.2, 0.25) is 0 Å². The van der Waals surface area contributed by atoms with E-state index in [1.807, 2.05) is 11.8 Å². The van der Waals surface area contributed by atoms with Crippen LogP contribution in [0.15, 0.2) is 12.2 Å². The zero-order valence-corrected chi connectivity index (χ0v) is 6.86. The number of fused-ring (bicyclic) bond motifs is 2. The van der Waals surface area contributed by atoms with E-state index in [9.17, 15) is 4.79 Å². The molecule has 1 nitrogen and oxygen atoms in total. The van der Waals surface area contributed by atoms with Gasteiger partial charge in [0.1, 0.15) is 0 Å². The Labute approximate surface area is 68.8 Å². The molecule has 0 aromatic rings. The fraction of sp³-hybridized carbons (Fsp3) is 0.571. The van der Waals surface area contributed by atoms with Gasteiger partial charge in [-0.05, 0) is 18.0 Å². The second-order valence-corrected chi connectivity index (χ2v) is 4.46. The lowest BCUT2D eigenvalue weighted by atomic mass is 9.96. The highest BCUT2D eigenvalue weighted by atomic mass is 35.5. The van der Waals surface area contributed by atoms with Gasteiger partial charge < -0.3 is 0 Å². The van der Waals surface area contributed by atoms with Gasteiger partial charge in [-0.1, -0.05) is 12.2 Å². The fourth-order valence-electron chi connectivity index (χ4n) is 1.50. The van der Waals surface area contributed by atoms with E-state index in [0.29, 0.717) is 10.5 Å². The first-order valence-corrected chi connectivity index (χ1v) is 4.62. The van der Waals surface area contributed by atoms with Crippen molar-refractivity contribution >= 4 is 28.6 Å². The van der Waals surface area contributed by atoms with Gasteiger partial charge in [-0.25, -0.2) is 0 Å². The van der Waals surface area contributed by atoms with Crippen LogP contribution in [0.1, 0.15) is 6.42 Å². The maximum Gasteiger partial charge on any atom is 0.226 e. The van der Waals surface area contributed by atoms with Crippen molar-refractivity contribution in [3.63, 3.8) is 0 Å². The van der Waals surface area contributed by atoms with Crippen LogP contribution in [0, 0.1) is 5.92 Å². The average molecular weight is 175 g/mol. The van der Waals surface area contributed by atoms with E-state index in [2.05, 4.69) is 12.2 Å². The summed E-state index contributed by atoms with van der Waals surface area (Å²) in [7, 11) is 0. The number of rotatable bonds is 1. The molecule has 1 fully saturated rings. The first-order valence-electron chi connectivity index (χ1n) is 3.30. The molecule has 2 heterocycles. The van der Waals surface area contributed by atoms with Crippen LogP contribution >= 0.6 is 23.4 Å². The summed E-state index contributed by atoms with van der Waals surface area (Å²) in [5.74, 6) is 0.0988. The number of halogens is 1. The normalized spacial score (nSPS) is 42.7. The predicted octanol–water partition coefficient (Wildman–Crippen LogP) is 1.81. The van der Waals surface area contributed by atoms with E-state index in [4.69, 9.17) is 11.6 Å². The zero-order chi connectivity index (χ0) is 7.14. The van der Waals surface area contributed by atoms with E-state index in [-0.39, 0.29) is 11.2 Å². The molecule has 0 N–H and O–H groups in total. The monoisotopic (exact) mass is 174 g/mol. The molecule has 3 atom stereocenters. The van der Waals surface area contributed by atoms with Gasteiger partial charge in [-0.2, -0.15) is 0 Å². The van der Waals surface area contributed by atoms with Gasteiger partial charge >= 0.3 is 0 Å². The molecule has 3 heteroatoms. The number of hydrogen-bond donors (Lipinski definition) is 0. The second kappa shape index (κ2) is 2.28. The Kier molecular flexibility index (Phi) is 1.53. The maximum absolute atomic E-state index is 10.8. The Balaban J connectivity index is 2.16. The van der Waals surface area contributed by atoms with Gasteiger partial charge in [0.15, 0.2) is 0 Å². The van der Waals surface area contributed by atoms with Crippen molar-refractivity contribution in [2.75, 3.05) is 0 Å². The molecule has 0 spiro atoms. The molecule has 0 aliphatic carbocycles. The minimum absolute atomic E-state index is 0.0988. The topological polar surface area (TPSA) is 17.1 Å². The molecule has 1 unspecified atom stereocenters. The highest BCUT2D eigenvalue weighted by molar-refractivity contribution is 8.01. The quantitative estimate of drug-likeness (QED) is 0.446. The van der Waals surface area contributed by atoms with Crippen molar-refractivity contribution in [3.05, 3.63) is 12.2 Å². The summed E-state index contributed by atoms with van der Waals surface area (Å²) in [6.45, 7) is 0. The molecule has 2 aliphatic rings. The van der Waals surface area contributed by atoms with Crippen LogP contribution in [-0.4, -0.2) is 15.7 Å². The molecular formula is C7H7ClOS. The SMILES string of the molecule is O=C(Cl)C1C[C@H]2C=C[C@@H]1S2. The Morgan fingerprint density at radius 1 is 1.60 bits per heavy atom. The standard InChI is InChI=1S/C7H7ClOS/c8-7(9)5-3-4-1-2-6(5)10-4/h1-2,4-6H,3H2/t4-,5?,6+/m1/s1. The first kappa shape index (κ1) is 6.74. The molecule has 1 saturated heterocycles. The lowest BCUT2D eigenvalue weighted by molar-refractivity contribution is -0.114. The third kappa shape index (κ3) is 0.903. The van der Waals surface area contributed by atoms with Gasteiger partial charge in [0, 0.05) is 16.4 Å². The molecule has 2 rings (SSSR count). The largest absolute Gasteiger partial charge is 0.281 e. The van der Waals surface area contributed by atoms with Crippen molar-refractivity contribution in [1.82, 2.24) is 0 Å². The molecule has 54 valence electrons. The Hall–Kier alpha value is 0.0500.